The molecule has 7 nitrogen and oxygen atoms in total. The van der Waals surface area contributed by atoms with E-state index in [1.165, 1.54) is 26.0 Å². The number of carbonyl (C=O) groups is 4. The van der Waals surface area contributed by atoms with Gasteiger partial charge in [0, 0.05) is 16.8 Å². The Labute approximate surface area is 160 Å². The van der Waals surface area contributed by atoms with Crippen molar-refractivity contribution in [1.82, 2.24) is 5.32 Å². The molecule has 0 aliphatic rings. The van der Waals surface area contributed by atoms with Gasteiger partial charge in [-0.15, -0.1) is 0 Å². The van der Waals surface area contributed by atoms with Crippen LogP contribution in [0.25, 0.3) is 0 Å². The van der Waals surface area contributed by atoms with Gasteiger partial charge in [0.05, 0.1) is 0 Å². The third-order valence-electron chi connectivity index (χ3n) is 3.74. The predicted molar refractivity (Wildman–Crippen MR) is 99.4 cm³/mol. The van der Waals surface area contributed by atoms with Crippen molar-refractivity contribution in [3.05, 3.63) is 65.5 Å². The maximum Gasteiger partial charge on any atom is 0.326 e. The van der Waals surface area contributed by atoms with Crippen LogP contribution in [-0.2, 0) is 14.3 Å². The molecule has 8 heteroatoms. The van der Waals surface area contributed by atoms with Gasteiger partial charge in [0.25, 0.3) is 11.8 Å². The van der Waals surface area contributed by atoms with Crippen LogP contribution in [0.2, 0.25) is 0 Å². The highest BCUT2D eigenvalue weighted by Crippen LogP contribution is 2.11. The topological polar surface area (TPSA) is 102 Å². The number of nitrogens with one attached hydrogen (secondary N) is 2. The lowest BCUT2D eigenvalue weighted by Gasteiger charge is -2.14. The molecule has 0 bridgehead atoms. The first-order chi connectivity index (χ1) is 13.3. The molecule has 28 heavy (non-hydrogen) atoms. The van der Waals surface area contributed by atoms with E-state index in [-0.39, 0.29) is 11.3 Å². The quantitative estimate of drug-likeness (QED) is 0.562. The van der Waals surface area contributed by atoms with Gasteiger partial charge in [0.1, 0.15) is 12.4 Å². The summed E-state index contributed by atoms with van der Waals surface area (Å²) in [6.07, 6.45) is -1.09. The summed E-state index contributed by atoms with van der Waals surface area (Å²) in [6.45, 7) is 2.38. The smallest absolute Gasteiger partial charge is 0.326 e. The fraction of sp³-hybridized carbons (Fsp3) is 0.200. The second kappa shape index (κ2) is 9.40. The second-order valence-corrected chi connectivity index (χ2v) is 5.94. The van der Waals surface area contributed by atoms with Crippen molar-refractivity contribution in [3.63, 3.8) is 0 Å². The number of rotatable bonds is 7. The zero-order valence-corrected chi connectivity index (χ0v) is 15.3. The number of carbonyl (C=O) groups excluding carboxylic acids is 4. The van der Waals surface area contributed by atoms with Gasteiger partial charge in [-0.2, -0.15) is 0 Å². The van der Waals surface area contributed by atoms with Crippen LogP contribution in [0.15, 0.2) is 48.5 Å². The van der Waals surface area contributed by atoms with E-state index in [0.29, 0.717) is 11.3 Å². The molecule has 2 aromatic carbocycles. The summed E-state index contributed by atoms with van der Waals surface area (Å²) in [5.74, 6) is -2.51. The lowest BCUT2D eigenvalue weighted by Crippen LogP contribution is -2.35. The van der Waals surface area contributed by atoms with Crippen LogP contribution >= 0.6 is 0 Å². The normalized spacial score (nSPS) is 11.2. The highest BCUT2D eigenvalue weighted by molar-refractivity contribution is 5.98. The highest BCUT2D eigenvalue weighted by atomic mass is 19.1. The summed E-state index contributed by atoms with van der Waals surface area (Å²) >= 11 is 0. The average molecular weight is 386 g/mol. The lowest BCUT2D eigenvalue weighted by atomic mass is 10.1. The van der Waals surface area contributed by atoms with Crippen molar-refractivity contribution in [1.29, 1.82) is 0 Å². The minimum Gasteiger partial charge on any atom is -0.451 e. The number of halogens is 1. The van der Waals surface area contributed by atoms with Gasteiger partial charge >= 0.3 is 5.97 Å². The first-order valence-corrected chi connectivity index (χ1v) is 8.41. The lowest BCUT2D eigenvalue weighted by molar-refractivity contribution is -0.152. The summed E-state index contributed by atoms with van der Waals surface area (Å²) in [7, 11) is 0. The predicted octanol–water partition coefficient (Wildman–Crippen LogP) is 2.33. The summed E-state index contributed by atoms with van der Waals surface area (Å²) in [5.41, 5.74) is 1.14. The van der Waals surface area contributed by atoms with Crippen molar-refractivity contribution in [3.8, 4) is 0 Å². The van der Waals surface area contributed by atoms with Gasteiger partial charge in [-0.05, 0) is 62.4 Å². The molecule has 0 saturated carbocycles. The minimum atomic E-state index is -1.09. The van der Waals surface area contributed by atoms with Crippen molar-refractivity contribution < 1.29 is 28.3 Å². The van der Waals surface area contributed by atoms with Crippen LogP contribution in [0, 0.1) is 5.82 Å². The van der Waals surface area contributed by atoms with Crippen LogP contribution in [0.4, 0.5) is 10.1 Å². The second-order valence-electron chi connectivity index (χ2n) is 5.94. The maximum absolute atomic E-state index is 12.8. The number of esters is 1. The Hall–Kier alpha value is -3.55. The van der Waals surface area contributed by atoms with Crippen LogP contribution < -0.4 is 10.6 Å². The van der Waals surface area contributed by atoms with E-state index in [0.717, 1.165) is 12.1 Å². The fourth-order valence-electron chi connectivity index (χ4n) is 2.18. The minimum absolute atomic E-state index is 0.0946. The summed E-state index contributed by atoms with van der Waals surface area (Å²) in [5, 5.41) is 4.89. The number of ether oxygens (including phenoxy) is 1. The third kappa shape index (κ3) is 6.01. The molecule has 0 heterocycles. The molecule has 2 rings (SSSR count). The fourth-order valence-corrected chi connectivity index (χ4v) is 2.18. The Morgan fingerprint density at radius 3 is 2.11 bits per heavy atom. The van der Waals surface area contributed by atoms with Crippen molar-refractivity contribution >= 4 is 29.3 Å². The van der Waals surface area contributed by atoms with Crippen molar-refractivity contribution in [2.24, 2.45) is 0 Å². The first-order valence-electron chi connectivity index (χ1n) is 8.41. The molecular formula is C20H19FN2O5. The van der Waals surface area contributed by atoms with E-state index in [4.69, 9.17) is 4.74 Å². The number of Topliss-reactive ketones (excluding diaryl/α,β-unsaturated/α-hetero) is 1. The molecule has 2 N–H and O–H groups in total. The Balaban J connectivity index is 1.80. The van der Waals surface area contributed by atoms with E-state index >= 15 is 0 Å². The van der Waals surface area contributed by atoms with Crippen LogP contribution in [0.1, 0.15) is 34.6 Å². The molecule has 0 fully saturated rings. The van der Waals surface area contributed by atoms with E-state index < -0.39 is 36.2 Å². The standard InChI is InChI=1S/C20H19FN2O5/c1-12(24)14-5-9-17(10-6-14)23-19(26)13(2)28-18(25)11-22-20(27)15-3-7-16(21)8-4-15/h3-10,13H,11H2,1-2H3,(H,22,27)(H,23,26)/t13-/m1/s1. The average Bonchev–Trinajstić information content (AvgIpc) is 2.67. The van der Waals surface area contributed by atoms with E-state index in [2.05, 4.69) is 10.6 Å². The molecule has 0 saturated heterocycles. The molecule has 0 radical (unpaired) electrons. The zero-order valence-electron chi connectivity index (χ0n) is 15.3. The Kier molecular flexibility index (Phi) is 6.97. The van der Waals surface area contributed by atoms with Gasteiger partial charge in [0.2, 0.25) is 0 Å². The molecule has 0 aliphatic heterocycles. The van der Waals surface area contributed by atoms with Crippen LogP contribution in [0.3, 0.4) is 0 Å². The van der Waals surface area contributed by atoms with Crippen LogP contribution in [-0.4, -0.2) is 36.2 Å². The molecule has 0 spiro atoms. The molecule has 2 amide bonds. The van der Waals surface area contributed by atoms with Gasteiger partial charge in [-0.25, -0.2) is 4.39 Å². The van der Waals surface area contributed by atoms with E-state index in [1.54, 1.807) is 24.3 Å². The number of hydrogen-bond donors (Lipinski definition) is 2. The van der Waals surface area contributed by atoms with Crippen molar-refractivity contribution in [2.45, 2.75) is 20.0 Å². The number of anilines is 1. The van der Waals surface area contributed by atoms with E-state index in [9.17, 15) is 23.6 Å². The molecule has 0 aliphatic carbocycles. The van der Waals surface area contributed by atoms with Gasteiger partial charge in [0.15, 0.2) is 11.9 Å². The monoisotopic (exact) mass is 386 g/mol. The number of ketones is 1. The molecule has 2 aromatic rings. The number of benzene rings is 2. The largest absolute Gasteiger partial charge is 0.451 e. The highest BCUT2D eigenvalue weighted by Gasteiger charge is 2.18. The Morgan fingerprint density at radius 2 is 1.54 bits per heavy atom. The Bertz CT molecular complexity index is 878. The van der Waals surface area contributed by atoms with Crippen molar-refractivity contribution in [2.75, 3.05) is 11.9 Å². The Morgan fingerprint density at radius 1 is 0.964 bits per heavy atom. The zero-order chi connectivity index (χ0) is 20.7. The van der Waals surface area contributed by atoms with E-state index in [1.807, 2.05) is 0 Å². The van der Waals surface area contributed by atoms with Gasteiger partial charge in [-0.3, -0.25) is 19.2 Å². The molecule has 0 aromatic heterocycles. The number of hydrogen-bond acceptors (Lipinski definition) is 5. The summed E-state index contributed by atoms with van der Waals surface area (Å²) in [6, 6.07) is 11.1. The molecule has 0 unspecified atom stereocenters. The SMILES string of the molecule is CC(=O)c1ccc(NC(=O)[C@@H](C)OC(=O)CNC(=O)c2ccc(F)cc2)cc1. The summed E-state index contributed by atoms with van der Waals surface area (Å²) in [4.78, 5) is 47.0. The van der Waals surface area contributed by atoms with Gasteiger partial charge < -0.3 is 15.4 Å². The maximum atomic E-state index is 12.8. The molecular weight excluding hydrogens is 367 g/mol. The number of amides is 2. The van der Waals surface area contributed by atoms with Gasteiger partial charge in [-0.1, -0.05) is 0 Å². The van der Waals surface area contributed by atoms with Crippen LogP contribution in [0.5, 0.6) is 0 Å². The molecule has 1 atom stereocenters. The third-order valence-corrected chi connectivity index (χ3v) is 3.74. The molecule has 146 valence electrons. The first kappa shape index (κ1) is 20.8. The summed E-state index contributed by atoms with van der Waals surface area (Å²) < 4.78 is 17.8.